The highest BCUT2D eigenvalue weighted by Gasteiger charge is 2.05. The third-order valence-corrected chi connectivity index (χ3v) is 3.85. The minimum absolute atomic E-state index is 0. The topological polar surface area (TPSA) is 25.2 Å². The van der Waals surface area contributed by atoms with Gasteiger partial charge in [0.15, 0.2) is 0 Å². The first-order valence-electron chi connectivity index (χ1n) is 6.39. The molecule has 2 aromatic heterocycles. The number of thiophene rings is 1. The second-order valence-corrected chi connectivity index (χ2v) is 5.49. The zero-order chi connectivity index (χ0) is 13.8. The fourth-order valence-electron chi connectivity index (χ4n) is 1.96. The van der Waals surface area contributed by atoms with Crippen LogP contribution in [-0.4, -0.2) is 0 Å². The van der Waals surface area contributed by atoms with Gasteiger partial charge in [0.2, 0.25) is 0 Å². The molecule has 2 nitrogen and oxygen atoms in total. The molecule has 2 heterocycles. The van der Waals surface area contributed by atoms with Crippen LogP contribution in [-0.2, 0) is 13.1 Å². The normalized spacial score (nSPS) is 10.3. The zero-order valence-electron chi connectivity index (χ0n) is 11.2. The Bertz CT molecular complexity index is 664. The van der Waals surface area contributed by atoms with E-state index in [1.54, 1.807) is 23.5 Å². The van der Waals surface area contributed by atoms with Gasteiger partial charge in [0.1, 0.15) is 17.3 Å². The predicted molar refractivity (Wildman–Crippen MR) is 86.2 cm³/mol. The maximum atomic E-state index is 12.9. The van der Waals surface area contributed by atoms with Gasteiger partial charge in [-0.3, -0.25) is 0 Å². The average molecular weight is 324 g/mol. The van der Waals surface area contributed by atoms with Crippen molar-refractivity contribution in [2.24, 2.45) is 0 Å². The van der Waals surface area contributed by atoms with Gasteiger partial charge in [0.05, 0.1) is 6.54 Å². The van der Waals surface area contributed by atoms with Gasteiger partial charge in [-0.1, -0.05) is 6.07 Å². The van der Waals surface area contributed by atoms with E-state index < -0.39 is 0 Å². The van der Waals surface area contributed by atoms with Crippen LogP contribution in [0.15, 0.2) is 58.3 Å². The Kier molecular flexibility index (Phi) is 5.56. The molecule has 3 aromatic rings. The Morgan fingerprint density at radius 1 is 1.00 bits per heavy atom. The molecule has 0 atom stereocenters. The van der Waals surface area contributed by atoms with Gasteiger partial charge in [-0.2, -0.15) is 0 Å². The molecular weight excluding hydrogens is 309 g/mol. The number of hydrogen-bond donors (Lipinski definition) is 1. The van der Waals surface area contributed by atoms with Gasteiger partial charge in [0, 0.05) is 17.0 Å². The molecule has 110 valence electrons. The maximum Gasteiger partial charge on any atom is 0.134 e. The summed E-state index contributed by atoms with van der Waals surface area (Å²) in [6.45, 7) is 1.52. The SMILES string of the molecule is Cl.Fc1ccc(-c2ccc(CNCc3cccs3)o2)cc1. The van der Waals surface area contributed by atoms with E-state index in [1.165, 1.54) is 17.0 Å². The molecule has 3 rings (SSSR count). The monoisotopic (exact) mass is 323 g/mol. The van der Waals surface area contributed by atoms with E-state index in [9.17, 15) is 4.39 Å². The maximum absolute atomic E-state index is 12.9. The van der Waals surface area contributed by atoms with Crippen molar-refractivity contribution in [3.63, 3.8) is 0 Å². The van der Waals surface area contributed by atoms with Crippen LogP contribution in [0.4, 0.5) is 4.39 Å². The van der Waals surface area contributed by atoms with Crippen molar-refractivity contribution in [3.05, 3.63) is 70.4 Å². The van der Waals surface area contributed by atoms with Gasteiger partial charge in [-0.05, 0) is 47.8 Å². The summed E-state index contributed by atoms with van der Waals surface area (Å²) >= 11 is 1.73. The molecule has 21 heavy (non-hydrogen) atoms. The minimum atomic E-state index is -0.238. The highest BCUT2D eigenvalue weighted by atomic mass is 35.5. The van der Waals surface area contributed by atoms with E-state index in [4.69, 9.17) is 4.42 Å². The van der Waals surface area contributed by atoms with Gasteiger partial charge < -0.3 is 9.73 Å². The van der Waals surface area contributed by atoms with E-state index in [2.05, 4.69) is 16.8 Å². The smallest absolute Gasteiger partial charge is 0.134 e. The van der Waals surface area contributed by atoms with Crippen LogP contribution in [0.25, 0.3) is 11.3 Å². The summed E-state index contributed by atoms with van der Waals surface area (Å²) in [5.74, 6) is 1.40. The highest BCUT2D eigenvalue weighted by Crippen LogP contribution is 2.22. The Labute approximate surface area is 133 Å². The van der Waals surface area contributed by atoms with Crippen LogP contribution in [0, 0.1) is 5.82 Å². The predicted octanol–water partition coefficient (Wildman–Crippen LogP) is 4.86. The first-order chi connectivity index (χ1) is 9.81. The molecule has 0 aliphatic rings. The van der Waals surface area contributed by atoms with Crippen molar-refractivity contribution < 1.29 is 8.81 Å². The van der Waals surface area contributed by atoms with Gasteiger partial charge >= 0.3 is 0 Å². The van der Waals surface area contributed by atoms with Crippen LogP contribution < -0.4 is 5.32 Å². The molecule has 1 aromatic carbocycles. The lowest BCUT2D eigenvalue weighted by molar-refractivity contribution is 0.494. The molecule has 0 aliphatic carbocycles. The second-order valence-electron chi connectivity index (χ2n) is 4.46. The Hall–Kier alpha value is -1.62. The lowest BCUT2D eigenvalue weighted by Crippen LogP contribution is -2.10. The van der Waals surface area contributed by atoms with Crippen molar-refractivity contribution in [1.29, 1.82) is 0 Å². The van der Waals surface area contributed by atoms with Crippen LogP contribution in [0.2, 0.25) is 0 Å². The van der Waals surface area contributed by atoms with E-state index in [-0.39, 0.29) is 18.2 Å². The number of benzene rings is 1. The lowest BCUT2D eigenvalue weighted by Gasteiger charge is -2.00. The summed E-state index contributed by atoms with van der Waals surface area (Å²) in [4.78, 5) is 1.30. The van der Waals surface area contributed by atoms with Crippen molar-refractivity contribution >= 4 is 23.7 Å². The van der Waals surface area contributed by atoms with Gasteiger partial charge in [0.25, 0.3) is 0 Å². The second kappa shape index (κ2) is 7.41. The Morgan fingerprint density at radius 2 is 1.81 bits per heavy atom. The zero-order valence-corrected chi connectivity index (χ0v) is 12.8. The molecule has 0 spiro atoms. The van der Waals surface area contributed by atoms with Gasteiger partial charge in [-0.25, -0.2) is 4.39 Å². The molecule has 0 radical (unpaired) electrons. The van der Waals surface area contributed by atoms with Crippen molar-refractivity contribution in [2.45, 2.75) is 13.1 Å². The number of halogens is 2. The van der Waals surface area contributed by atoms with Crippen molar-refractivity contribution in [1.82, 2.24) is 5.32 Å². The van der Waals surface area contributed by atoms with Gasteiger partial charge in [-0.15, -0.1) is 23.7 Å². The van der Waals surface area contributed by atoms with E-state index in [1.807, 2.05) is 18.2 Å². The number of furan rings is 1. The lowest BCUT2D eigenvalue weighted by atomic mass is 10.2. The van der Waals surface area contributed by atoms with Crippen LogP contribution in [0.5, 0.6) is 0 Å². The average Bonchev–Trinajstić information content (AvgIpc) is 3.11. The summed E-state index contributed by atoms with van der Waals surface area (Å²) < 4.78 is 18.6. The number of nitrogens with one attached hydrogen (secondary N) is 1. The molecule has 5 heteroatoms. The largest absolute Gasteiger partial charge is 0.460 e. The van der Waals surface area contributed by atoms with E-state index in [0.717, 1.165) is 23.6 Å². The molecule has 0 fully saturated rings. The van der Waals surface area contributed by atoms with Crippen LogP contribution in [0.3, 0.4) is 0 Å². The summed E-state index contributed by atoms with van der Waals surface area (Å²) in [5.41, 5.74) is 0.885. The summed E-state index contributed by atoms with van der Waals surface area (Å²) in [6.07, 6.45) is 0. The molecule has 0 amide bonds. The quantitative estimate of drug-likeness (QED) is 0.725. The standard InChI is InChI=1S/C16H14FNOS.ClH/c17-13-5-3-12(4-6-13)16-8-7-14(19-16)10-18-11-15-2-1-9-20-15;/h1-9,18H,10-11H2;1H. The van der Waals surface area contributed by atoms with Crippen molar-refractivity contribution in [3.8, 4) is 11.3 Å². The fraction of sp³-hybridized carbons (Fsp3) is 0.125. The molecule has 0 unspecified atom stereocenters. The first-order valence-corrected chi connectivity index (χ1v) is 7.27. The van der Waals surface area contributed by atoms with Crippen LogP contribution >= 0.6 is 23.7 Å². The number of rotatable bonds is 5. The molecular formula is C16H15ClFNOS. The summed E-state index contributed by atoms with van der Waals surface area (Å²) in [5, 5.41) is 5.40. The number of hydrogen-bond acceptors (Lipinski definition) is 3. The first kappa shape index (κ1) is 15.8. The summed E-state index contributed by atoms with van der Waals surface area (Å²) in [7, 11) is 0. The molecule has 0 saturated carbocycles. The van der Waals surface area contributed by atoms with E-state index in [0.29, 0.717) is 6.54 Å². The highest BCUT2D eigenvalue weighted by molar-refractivity contribution is 7.09. The molecule has 0 saturated heterocycles. The fourth-order valence-corrected chi connectivity index (χ4v) is 2.64. The third kappa shape index (κ3) is 4.17. The minimum Gasteiger partial charge on any atom is -0.460 e. The van der Waals surface area contributed by atoms with Crippen LogP contribution in [0.1, 0.15) is 10.6 Å². The molecule has 1 N–H and O–H groups in total. The molecule has 0 aliphatic heterocycles. The Balaban J connectivity index is 0.00000161. The molecule has 0 bridgehead atoms. The third-order valence-electron chi connectivity index (χ3n) is 2.97. The van der Waals surface area contributed by atoms with E-state index >= 15 is 0 Å². The summed E-state index contributed by atoms with van der Waals surface area (Å²) in [6, 6.07) is 14.3. The van der Waals surface area contributed by atoms with Crippen molar-refractivity contribution in [2.75, 3.05) is 0 Å². The Morgan fingerprint density at radius 3 is 2.52 bits per heavy atom.